The maximum atomic E-state index is 6.37. The molecule has 1 aromatic rings. The second-order valence-corrected chi connectivity index (χ2v) is 5.46. The van der Waals surface area contributed by atoms with Crippen molar-refractivity contribution >= 4 is 11.6 Å². The predicted molar refractivity (Wildman–Crippen MR) is 64.9 cm³/mol. The minimum Gasteiger partial charge on any atom is -0.321 e. The summed E-state index contributed by atoms with van der Waals surface area (Å²) in [6.45, 7) is 4.52. The highest BCUT2D eigenvalue weighted by atomic mass is 35.5. The molecule has 0 spiro atoms. The van der Waals surface area contributed by atoms with Gasteiger partial charge in [0, 0.05) is 10.6 Å². The molecular weight excluding hydrogens is 206 g/mol. The van der Waals surface area contributed by atoms with E-state index in [-0.39, 0.29) is 5.54 Å². The van der Waals surface area contributed by atoms with Crippen LogP contribution in [-0.4, -0.2) is 0 Å². The highest BCUT2D eigenvalue weighted by Gasteiger charge is 2.44. The Balaban J connectivity index is 2.17. The normalized spacial score (nSPS) is 30.3. The Kier molecular flexibility index (Phi) is 2.78. The van der Waals surface area contributed by atoms with Crippen molar-refractivity contribution < 1.29 is 0 Å². The fourth-order valence-electron chi connectivity index (χ4n) is 2.43. The van der Waals surface area contributed by atoms with Crippen molar-refractivity contribution in [3.63, 3.8) is 0 Å². The van der Waals surface area contributed by atoms with Gasteiger partial charge in [-0.05, 0) is 36.3 Å². The van der Waals surface area contributed by atoms with Crippen LogP contribution >= 0.6 is 11.6 Å². The van der Waals surface area contributed by atoms with Crippen LogP contribution in [0.3, 0.4) is 0 Å². The van der Waals surface area contributed by atoms with E-state index in [1.165, 1.54) is 0 Å². The van der Waals surface area contributed by atoms with Crippen molar-refractivity contribution in [3.05, 3.63) is 34.9 Å². The largest absolute Gasteiger partial charge is 0.321 e. The van der Waals surface area contributed by atoms with Gasteiger partial charge >= 0.3 is 0 Å². The average Bonchev–Trinajstić information content (AvgIpc) is 2.13. The van der Waals surface area contributed by atoms with Crippen LogP contribution < -0.4 is 5.73 Å². The van der Waals surface area contributed by atoms with Crippen molar-refractivity contribution in [2.75, 3.05) is 0 Å². The van der Waals surface area contributed by atoms with Crippen molar-refractivity contribution in [1.29, 1.82) is 0 Å². The van der Waals surface area contributed by atoms with Crippen molar-refractivity contribution in [1.82, 2.24) is 0 Å². The van der Waals surface area contributed by atoms with Gasteiger partial charge in [-0.2, -0.15) is 0 Å². The van der Waals surface area contributed by atoms with E-state index in [0.717, 1.165) is 35.3 Å². The zero-order valence-corrected chi connectivity index (χ0v) is 10.1. The maximum Gasteiger partial charge on any atom is 0.0456 e. The Morgan fingerprint density at radius 1 is 1.33 bits per heavy atom. The lowest BCUT2D eigenvalue weighted by Gasteiger charge is -2.47. The van der Waals surface area contributed by atoms with Gasteiger partial charge < -0.3 is 5.73 Å². The van der Waals surface area contributed by atoms with Crippen LogP contribution in [0.4, 0.5) is 0 Å². The highest BCUT2D eigenvalue weighted by molar-refractivity contribution is 6.31. The third-order valence-electron chi connectivity index (χ3n) is 3.61. The lowest BCUT2D eigenvalue weighted by Crippen LogP contribution is -2.50. The van der Waals surface area contributed by atoms with Gasteiger partial charge in [0.15, 0.2) is 0 Å². The fraction of sp³-hybridized carbons (Fsp3) is 0.538. The Labute approximate surface area is 96.6 Å². The molecule has 1 fully saturated rings. The van der Waals surface area contributed by atoms with Gasteiger partial charge in [0.1, 0.15) is 0 Å². The van der Waals surface area contributed by atoms with Crippen LogP contribution in [-0.2, 0) is 5.54 Å². The summed E-state index contributed by atoms with van der Waals surface area (Å²) in [5.41, 5.74) is 7.31. The quantitative estimate of drug-likeness (QED) is 0.815. The molecule has 2 rings (SSSR count). The molecule has 0 heterocycles. The summed E-state index contributed by atoms with van der Waals surface area (Å²) in [6, 6.07) is 7.94. The standard InChI is InChI=1S/C13H18ClN/c1-9(2)10-7-13(15,8-10)11-5-3-4-6-12(11)14/h3-6,9-10H,7-8,15H2,1-2H3. The molecule has 0 aliphatic heterocycles. The van der Waals surface area contributed by atoms with E-state index in [4.69, 9.17) is 17.3 Å². The first-order chi connectivity index (χ1) is 7.03. The maximum absolute atomic E-state index is 6.37. The third kappa shape index (κ3) is 1.91. The second kappa shape index (κ2) is 3.80. The molecule has 1 aliphatic rings. The van der Waals surface area contributed by atoms with Crippen LogP contribution in [0.5, 0.6) is 0 Å². The van der Waals surface area contributed by atoms with E-state index in [2.05, 4.69) is 19.9 Å². The predicted octanol–water partition coefficient (Wildman–Crippen LogP) is 3.56. The van der Waals surface area contributed by atoms with Crippen molar-refractivity contribution in [3.8, 4) is 0 Å². The Hall–Kier alpha value is -0.530. The van der Waals surface area contributed by atoms with Crippen LogP contribution in [0.1, 0.15) is 32.3 Å². The average molecular weight is 224 g/mol. The number of hydrogen-bond acceptors (Lipinski definition) is 1. The molecule has 0 saturated heterocycles. The van der Waals surface area contributed by atoms with E-state index in [9.17, 15) is 0 Å². The zero-order chi connectivity index (χ0) is 11.1. The van der Waals surface area contributed by atoms with Crippen molar-refractivity contribution in [2.24, 2.45) is 17.6 Å². The topological polar surface area (TPSA) is 26.0 Å². The second-order valence-electron chi connectivity index (χ2n) is 5.05. The van der Waals surface area contributed by atoms with Gasteiger partial charge in [-0.25, -0.2) is 0 Å². The SMILES string of the molecule is CC(C)C1CC(N)(c2ccccc2Cl)C1. The number of hydrogen-bond donors (Lipinski definition) is 1. The minimum atomic E-state index is -0.173. The molecule has 2 N–H and O–H groups in total. The van der Waals surface area contributed by atoms with E-state index in [1.807, 2.05) is 18.2 Å². The summed E-state index contributed by atoms with van der Waals surface area (Å²) < 4.78 is 0. The van der Waals surface area contributed by atoms with Crippen LogP contribution in [0, 0.1) is 11.8 Å². The molecule has 1 aliphatic carbocycles. The number of halogens is 1. The molecule has 15 heavy (non-hydrogen) atoms. The van der Waals surface area contributed by atoms with Crippen LogP contribution in [0.15, 0.2) is 24.3 Å². The highest BCUT2D eigenvalue weighted by Crippen LogP contribution is 2.48. The van der Waals surface area contributed by atoms with Gasteiger partial charge in [-0.3, -0.25) is 0 Å². The Morgan fingerprint density at radius 3 is 2.47 bits per heavy atom. The first kappa shape index (κ1) is 11.0. The molecule has 0 atom stereocenters. The molecule has 82 valence electrons. The van der Waals surface area contributed by atoms with Gasteiger partial charge in [0.05, 0.1) is 0 Å². The molecular formula is C13H18ClN. The molecule has 1 aromatic carbocycles. The van der Waals surface area contributed by atoms with E-state index in [0.29, 0.717) is 0 Å². The Bertz CT molecular complexity index is 353. The molecule has 0 unspecified atom stereocenters. The summed E-state index contributed by atoms with van der Waals surface area (Å²) in [6.07, 6.45) is 2.13. The summed E-state index contributed by atoms with van der Waals surface area (Å²) in [4.78, 5) is 0. The summed E-state index contributed by atoms with van der Waals surface area (Å²) in [5.74, 6) is 1.48. The van der Waals surface area contributed by atoms with E-state index in [1.54, 1.807) is 0 Å². The van der Waals surface area contributed by atoms with Crippen molar-refractivity contribution in [2.45, 2.75) is 32.2 Å². The van der Waals surface area contributed by atoms with E-state index < -0.39 is 0 Å². The molecule has 0 aromatic heterocycles. The molecule has 1 saturated carbocycles. The lowest BCUT2D eigenvalue weighted by molar-refractivity contribution is 0.105. The summed E-state index contributed by atoms with van der Waals surface area (Å²) in [5, 5.41) is 0.808. The lowest BCUT2D eigenvalue weighted by atomic mass is 9.62. The smallest absolute Gasteiger partial charge is 0.0456 e. The van der Waals surface area contributed by atoms with Crippen LogP contribution in [0.25, 0.3) is 0 Å². The minimum absolute atomic E-state index is 0.173. The van der Waals surface area contributed by atoms with Crippen LogP contribution in [0.2, 0.25) is 5.02 Å². The molecule has 0 radical (unpaired) electrons. The summed E-state index contributed by atoms with van der Waals surface area (Å²) in [7, 11) is 0. The zero-order valence-electron chi connectivity index (χ0n) is 9.33. The number of rotatable bonds is 2. The molecule has 0 bridgehead atoms. The third-order valence-corrected chi connectivity index (χ3v) is 3.94. The van der Waals surface area contributed by atoms with E-state index >= 15 is 0 Å². The first-order valence-electron chi connectivity index (χ1n) is 5.57. The Morgan fingerprint density at radius 2 is 1.93 bits per heavy atom. The molecule has 2 heteroatoms. The number of benzene rings is 1. The first-order valence-corrected chi connectivity index (χ1v) is 5.94. The van der Waals surface area contributed by atoms with Gasteiger partial charge in [0.2, 0.25) is 0 Å². The van der Waals surface area contributed by atoms with Gasteiger partial charge in [-0.1, -0.05) is 43.6 Å². The summed E-state index contributed by atoms with van der Waals surface area (Å²) >= 11 is 6.17. The monoisotopic (exact) mass is 223 g/mol. The number of nitrogens with two attached hydrogens (primary N) is 1. The van der Waals surface area contributed by atoms with Gasteiger partial charge in [0.25, 0.3) is 0 Å². The molecule has 0 amide bonds. The molecule has 1 nitrogen and oxygen atoms in total. The van der Waals surface area contributed by atoms with Gasteiger partial charge in [-0.15, -0.1) is 0 Å². The fourth-order valence-corrected chi connectivity index (χ4v) is 2.76.